The molecular weight excluding hydrogens is 290 g/mol. The molecule has 0 aliphatic rings. The van der Waals surface area contributed by atoms with Crippen LogP contribution in [0.2, 0.25) is 0 Å². The third kappa shape index (κ3) is 7.22. The van der Waals surface area contributed by atoms with Crippen LogP contribution in [0.15, 0.2) is 24.3 Å². The Labute approximate surface area is 139 Å². The molecule has 0 saturated heterocycles. The van der Waals surface area contributed by atoms with Gasteiger partial charge in [-0.05, 0) is 43.0 Å². The van der Waals surface area contributed by atoms with Gasteiger partial charge in [0.25, 0.3) is 0 Å². The summed E-state index contributed by atoms with van der Waals surface area (Å²) in [5, 5.41) is 2.99. The minimum atomic E-state index is -0.0724. The number of hydrogen-bond donors (Lipinski definition) is 1. The highest BCUT2D eigenvalue weighted by Crippen LogP contribution is 2.27. The van der Waals surface area contributed by atoms with Gasteiger partial charge in [0.1, 0.15) is 0 Å². The Morgan fingerprint density at radius 1 is 1.13 bits per heavy atom. The predicted octanol–water partition coefficient (Wildman–Crippen LogP) is 4.05. The molecule has 4 heteroatoms. The van der Waals surface area contributed by atoms with Gasteiger partial charge in [0.15, 0.2) is 11.5 Å². The van der Waals surface area contributed by atoms with Crippen LogP contribution in [0.1, 0.15) is 45.6 Å². The van der Waals surface area contributed by atoms with Gasteiger partial charge in [0.2, 0.25) is 5.91 Å². The first-order valence-corrected chi connectivity index (χ1v) is 8.16. The molecule has 0 spiro atoms. The molecule has 1 aromatic rings. The number of carbonyl (C=O) groups is 1. The average molecular weight is 319 g/mol. The third-order valence-corrected chi connectivity index (χ3v) is 3.64. The highest BCUT2D eigenvalue weighted by molar-refractivity contribution is 5.91. The number of ether oxygens (including phenoxy) is 2. The lowest BCUT2D eigenvalue weighted by Gasteiger charge is -2.13. The van der Waals surface area contributed by atoms with Gasteiger partial charge >= 0.3 is 0 Å². The summed E-state index contributed by atoms with van der Waals surface area (Å²) in [6.45, 7) is 6.48. The fourth-order valence-corrected chi connectivity index (χ4v) is 2.32. The molecule has 0 aliphatic heterocycles. The van der Waals surface area contributed by atoms with Crippen molar-refractivity contribution in [3.8, 4) is 11.5 Å². The molecule has 4 nitrogen and oxygen atoms in total. The molecule has 128 valence electrons. The van der Waals surface area contributed by atoms with Crippen molar-refractivity contribution in [1.82, 2.24) is 5.32 Å². The van der Waals surface area contributed by atoms with Crippen molar-refractivity contribution in [2.75, 3.05) is 14.2 Å². The van der Waals surface area contributed by atoms with E-state index in [-0.39, 0.29) is 11.9 Å². The van der Waals surface area contributed by atoms with E-state index in [1.165, 1.54) is 6.42 Å². The maximum absolute atomic E-state index is 11.9. The van der Waals surface area contributed by atoms with E-state index in [1.54, 1.807) is 26.4 Å². The Bertz CT molecular complexity index is 523. The fraction of sp³-hybridized carbons (Fsp3) is 0.526. The molecule has 0 aromatic heterocycles. The molecule has 0 bridgehead atoms. The Balaban J connectivity index is 2.51. The number of rotatable bonds is 9. The van der Waals surface area contributed by atoms with Crippen LogP contribution in [-0.4, -0.2) is 26.2 Å². The Kier molecular flexibility index (Phi) is 8.23. The maximum atomic E-state index is 11.9. The number of benzene rings is 1. The Morgan fingerprint density at radius 2 is 1.83 bits per heavy atom. The molecule has 0 heterocycles. The standard InChI is InChI=1S/C19H29NO3/c1-14(2)7-6-8-15(3)20-19(21)12-10-16-9-11-17(22-4)18(13-16)23-5/h9-15H,6-8H2,1-5H3,(H,20,21)/b12-10+/t15-/m1/s1. The van der Waals surface area contributed by atoms with Gasteiger partial charge in [-0.15, -0.1) is 0 Å². The zero-order valence-corrected chi connectivity index (χ0v) is 14.9. The van der Waals surface area contributed by atoms with Crippen LogP contribution in [0.4, 0.5) is 0 Å². The van der Waals surface area contributed by atoms with Crippen molar-refractivity contribution in [3.05, 3.63) is 29.8 Å². The Hall–Kier alpha value is -1.97. The minimum absolute atomic E-state index is 0.0724. The molecule has 1 aromatic carbocycles. The van der Waals surface area contributed by atoms with E-state index in [0.717, 1.165) is 18.4 Å². The smallest absolute Gasteiger partial charge is 0.244 e. The van der Waals surface area contributed by atoms with Crippen molar-refractivity contribution in [1.29, 1.82) is 0 Å². The number of methoxy groups -OCH3 is 2. The van der Waals surface area contributed by atoms with E-state index in [2.05, 4.69) is 19.2 Å². The normalized spacial score (nSPS) is 12.4. The number of hydrogen-bond acceptors (Lipinski definition) is 3. The summed E-state index contributed by atoms with van der Waals surface area (Å²) in [4.78, 5) is 11.9. The molecule has 0 radical (unpaired) electrons. The van der Waals surface area contributed by atoms with Gasteiger partial charge < -0.3 is 14.8 Å². The molecule has 1 N–H and O–H groups in total. The van der Waals surface area contributed by atoms with Crippen molar-refractivity contribution in [2.45, 2.75) is 46.1 Å². The lowest BCUT2D eigenvalue weighted by molar-refractivity contribution is -0.117. The highest BCUT2D eigenvalue weighted by Gasteiger charge is 2.06. The maximum Gasteiger partial charge on any atom is 0.244 e. The number of amides is 1. The molecule has 0 fully saturated rings. The lowest BCUT2D eigenvalue weighted by Crippen LogP contribution is -2.31. The second-order valence-corrected chi connectivity index (χ2v) is 6.18. The Morgan fingerprint density at radius 3 is 2.43 bits per heavy atom. The van der Waals surface area contributed by atoms with Crippen LogP contribution < -0.4 is 14.8 Å². The van der Waals surface area contributed by atoms with Gasteiger partial charge in [-0.3, -0.25) is 4.79 Å². The summed E-state index contributed by atoms with van der Waals surface area (Å²) >= 11 is 0. The minimum Gasteiger partial charge on any atom is -0.493 e. The van der Waals surface area contributed by atoms with E-state index in [9.17, 15) is 4.79 Å². The van der Waals surface area contributed by atoms with E-state index in [0.29, 0.717) is 17.4 Å². The van der Waals surface area contributed by atoms with Crippen molar-refractivity contribution in [3.63, 3.8) is 0 Å². The zero-order valence-electron chi connectivity index (χ0n) is 14.9. The summed E-state index contributed by atoms with van der Waals surface area (Å²) in [5.74, 6) is 1.96. The summed E-state index contributed by atoms with van der Waals surface area (Å²) in [6.07, 6.45) is 6.67. The fourth-order valence-electron chi connectivity index (χ4n) is 2.32. The topological polar surface area (TPSA) is 47.6 Å². The molecule has 1 atom stereocenters. The van der Waals surface area contributed by atoms with E-state index in [4.69, 9.17) is 9.47 Å². The first kappa shape index (κ1) is 19.1. The third-order valence-electron chi connectivity index (χ3n) is 3.64. The molecule has 0 unspecified atom stereocenters. The molecule has 0 saturated carbocycles. The van der Waals surface area contributed by atoms with Gasteiger partial charge in [0, 0.05) is 12.1 Å². The monoisotopic (exact) mass is 319 g/mol. The van der Waals surface area contributed by atoms with Crippen LogP contribution >= 0.6 is 0 Å². The summed E-state index contributed by atoms with van der Waals surface area (Å²) in [6, 6.07) is 5.74. The van der Waals surface area contributed by atoms with Crippen LogP contribution in [0.25, 0.3) is 6.08 Å². The lowest BCUT2D eigenvalue weighted by atomic mass is 10.0. The molecule has 1 amide bonds. The van der Waals surface area contributed by atoms with Crippen LogP contribution in [0, 0.1) is 5.92 Å². The van der Waals surface area contributed by atoms with Gasteiger partial charge in [-0.1, -0.05) is 32.8 Å². The van der Waals surface area contributed by atoms with Gasteiger partial charge in [0.05, 0.1) is 14.2 Å². The molecule has 0 aliphatic carbocycles. The van der Waals surface area contributed by atoms with Crippen molar-refractivity contribution < 1.29 is 14.3 Å². The van der Waals surface area contributed by atoms with Gasteiger partial charge in [-0.25, -0.2) is 0 Å². The summed E-state index contributed by atoms with van der Waals surface area (Å²) in [5.41, 5.74) is 0.894. The molecule has 1 rings (SSSR count). The zero-order chi connectivity index (χ0) is 17.2. The van der Waals surface area contributed by atoms with E-state index >= 15 is 0 Å². The number of carbonyl (C=O) groups excluding carboxylic acids is 1. The number of nitrogens with one attached hydrogen (secondary N) is 1. The van der Waals surface area contributed by atoms with Crippen LogP contribution in [0.3, 0.4) is 0 Å². The second-order valence-electron chi connectivity index (χ2n) is 6.18. The summed E-state index contributed by atoms with van der Waals surface area (Å²) < 4.78 is 10.4. The van der Waals surface area contributed by atoms with Crippen LogP contribution in [-0.2, 0) is 4.79 Å². The van der Waals surface area contributed by atoms with E-state index < -0.39 is 0 Å². The second kappa shape index (κ2) is 9.93. The predicted molar refractivity (Wildman–Crippen MR) is 94.9 cm³/mol. The quantitative estimate of drug-likeness (QED) is 0.699. The SMILES string of the molecule is COc1ccc(/C=C/C(=O)N[C@H](C)CCCC(C)C)cc1OC. The first-order valence-electron chi connectivity index (χ1n) is 8.16. The van der Waals surface area contributed by atoms with Crippen molar-refractivity contribution in [2.24, 2.45) is 5.92 Å². The largest absolute Gasteiger partial charge is 0.493 e. The molecule has 23 heavy (non-hydrogen) atoms. The van der Waals surface area contributed by atoms with E-state index in [1.807, 2.05) is 25.1 Å². The average Bonchev–Trinajstić information content (AvgIpc) is 2.52. The van der Waals surface area contributed by atoms with Crippen molar-refractivity contribution >= 4 is 12.0 Å². The highest BCUT2D eigenvalue weighted by atomic mass is 16.5. The summed E-state index contributed by atoms with van der Waals surface area (Å²) in [7, 11) is 3.19. The first-order chi connectivity index (χ1) is 11.0. The van der Waals surface area contributed by atoms with Crippen LogP contribution in [0.5, 0.6) is 11.5 Å². The van der Waals surface area contributed by atoms with Gasteiger partial charge in [-0.2, -0.15) is 0 Å². The molecular formula is C19H29NO3.